The molecule has 0 fully saturated rings. The fourth-order valence-electron chi connectivity index (χ4n) is 4.34. The zero-order chi connectivity index (χ0) is 25.8. The third-order valence-electron chi connectivity index (χ3n) is 6.13. The number of benzene rings is 1. The minimum absolute atomic E-state index is 0.143. The van der Waals surface area contributed by atoms with E-state index < -0.39 is 0 Å². The van der Waals surface area contributed by atoms with Crippen molar-refractivity contribution in [2.75, 3.05) is 0 Å². The standard InChI is InChI=1S/C26H30N10O/c1-4-5-9-23-16-35(25-28-17-29-36(25)14-18(2)3)26(37)34(23)15-22-13-20(10-11-27-22)19-7-6-8-21(12-19)24-30-32-33-31-24/h6-8,10-13,16-18H,4-5,9,14-15H2,1-3H3,(H,30,31,32,33). The second kappa shape index (κ2) is 10.7. The van der Waals surface area contributed by atoms with Crippen molar-refractivity contribution in [3.05, 3.63) is 77.0 Å². The van der Waals surface area contributed by atoms with Crippen LogP contribution in [0.1, 0.15) is 45.0 Å². The van der Waals surface area contributed by atoms with E-state index in [1.807, 2.05) is 42.6 Å². The molecule has 0 amide bonds. The van der Waals surface area contributed by atoms with E-state index in [0.717, 1.165) is 47.3 Å². The van der Waals surface area contributed by atoms with E-state index in [1.165, 1.54) is 6.33 Å². The molecule has 0 atom stereocenters. The highest BCUT2D eigenvalue weighted by atomic mass is 16.2. The van der Waals surface area contributed by atoms with Gasteiger partial charge in [-0.2, -0.15) is 15.3 Å². The first-order valence-electron chi connectivity index (χ1n) is 12.5. The molecular formula is C26H30N10O. The van der Waals surface area contributed by atoms with Crippen LogP contribution in [0.15, 0.2) is 59.9 Å². The van der Waals surface area contributed by atoms with Gasteiger partial charge in [0.25, 0.3) is 0 Å². The van der Waals surface area contributed by atoms with Gasteiger partial charge in [0.05, 0.1) is 12.2 Å². The molecule has 11 heteroatoms. The molecular weight excluding hydrogens is 468 g/mol. The molecule has 11 nitrogen and oxygen atoms in total. The summed E-state index contributed by atoms with van der Waals surface area (Å²) in [7, 11) is 0. The van der Waals surface area contributed by atoms with Gasteiger partial charge in [0.2, 0.25) is 11.8 Å². The minimum atomic E-state index is -0.143. The highest BCUT2D eigenvalue weighted by Crippen LogP contribution is 2.24. The minimum Gasteiger partial charge on any atom is -0.290 e. The van der Waals surface area contributed by atoms with Gasteiger partial charge >= 0.3 is 5.69 Å². The van der Waals surface area contributed by atoms with E-state index in [9.17, 15) is 4.79 Å². The average molecular weight is 499 g/mol. The van der Waals surface area contributed by atoms with Crippen LogP contribution in [0.2, 0.25) is 0 Å². The van der Waals surface area contributed by atoms with Crippen molar-refractivity contribution in [1.29, 1.82) is 0 Å². The number of unbranched alkanes of at least 4 members (excludes halogenated alkanes) is 1. The maximum absolute atomic E-state index is 13.6. The largest absolute Gasteiger partial charge is 0.335 e. The summed E-state index contributed by atoms with van der Waals surface area (Å²) in [6.07, 6.45) is 7.99. The first kappa shape index (κ1) is 24.3. The molecule has 5 aromatic rings. The Bertz CT molecular complexity index is 1530. The van der Waals surface area contributed by atoms with Crippen molar-refractivity contribution in [2.45, 2.75) is 53.1 Å². The number of tetrazole rings is 1. The van der Waals surface area contributed by atoms with Crippen LogP contribution in [0.25, 0.3) is 28.5 Å². The fourth-order valence-corrected chi connectivity index (χ4v) is 4.34. The van der Waals surface area contributed by atoms with Crippen LogP contribution in [-0.2, 0) is 19.5 Å². The Morgan fingerprint density at radius 3 is 2.68 bits per heavy atom. The molecule has 0 aliphatic heterocycles. The number of nitrogens with zero attached hydrogens (tertiary/aromatic N) is 9. The maximum Gasteiger partial charge on any atom is 0.335 e. The quantitative estimate of drug-likeness (QED) is 0.312. The van der Waals surface area contributed by atoms with Crippen LogP contribution in [0.3, 0.4) is 0 Å². The predicted molar refractivity (Wildman–Crippen MR) is 139 cm³/mol. The summed E-state index contributed by atoms with van der Waals surface area (Å²) in [5, 5.41) is 18.6. The highest BCUT2D eigenvalue weighted by Gasteiger charge is 2.18. The summed E-state index contributed by atoms with van der Waals surface area (Å²) in [6.45, 7) is 7.42. The lowest BCUT2D eigenvalue weighted by Gasteiger charge is -2.09. The molecule has 4 aromatic heterocycles. The van der Waals surface area contributed by atoms with E-state index in [2.05, 4.69) is 56.5 Å². The second-order valence-corrected chi connectivity index (χ2v) is 9.45. The molecule has 4 heterocycles. The van der Waals surface area contributed by atoms with Crippen molar-refractivity contribution in [2.24, 2.45) is 5.92 Å². The van der Waals surface area contributed by atoms with Crippen molar-refractivity contribution in [1.82, 2.24) is 49.5 Å². The van der Waals surface area contributed by atoms with Gasteiger partial charge in [-0.3, -0.25) is 9.55 Å². The lowest BCUT2D eigenvalue weighted by Crippen LogP contribution is -2.27. The number of H-pyrrole nitrogens is 1. The van der Waals surface area contributed by atoms with Crippen LogP contribution >= 0.6 is 0 Å². The molecule has 190 valence electrons. The first-order valence-corrected chi connectivity index (χ1v) is 12.5. The molecule has 5 rings (SSSR count). The van der Waals surface area contributed by atoms with Gasteiger partial charge in [-0.1, -0.05) is 45.4 Å². The number of rotatable bonds is 10. The normalized spacial score (nSPS) is 11.5. The second-order valence-electron chi connectivity index (χ2n) is 9.45. The predicted octanol–water partition coefficient (Wildman–Crippen LogP) is 3.52. The van der Waals surface area contributed by atoms with Gasteiger partial charge in [0.15, 0.2) is 0 Å². The Balaban J connectivity index is 1.49. The van der Waals surface area contributed by atoms with Gasteiger partial charge in [-0.25, -0.2) is 14.0 Å². The summed E-state index contributed by atoms with van der Waals surface area (Å²) in [6, 6.07) is 11.9. The van der Waals surface area contributed by atoms with Gasteiger partial charge in [-0.05, 0) is 53.3 Å². The number of imidazole rings is 1. The monoisotopic (exact) mass is 498 g/mol. The van der Waals surface area contributed by atoms with Gasteiger partial charge < -0.3 is 0 Å². The zero-order valence-corrected chi connectivity index (χ0v) is 21.2. The Morgan fingerprint density at radius 1 is 1.05 bits per heavy atom. The first-order chi connectivity index (χ1) is 18.0. The number of aryl methyl sites for hydroxylation is 1. The molecule has 0 spiro atoms. The summed E-state index contributed by atoms with van der Waals surface area (Å²) < 4.78 is 5.19. The van der Waals surface area contributed by atoms with Crippen LogP contribution in [0, 0.1) is 5.92 Å². The lowest BCUT2D eigenvalue weighted by molar-refractivity contribution is 0.473. The van der Waals surface area contributed by atoms with Crippen LogP contribution in [-0.4, -0.2) is 49.5 Å². The molecule has 1 N–H and O–H groups in total. The van der Waals surface area contributed by atoms with E-state index >= 15 is 0 Å². The average Bonchev–Trinajstić information content (AvgIpc) is 3.65. The summed E-state index contributed by atoms with van der Waals surface area (Å²) in [5.74, 6) is 1.45. The number of hydrogen-bond donors (Lipinski definition) is 1. The fraction of sp³-hybridized carbons (Fsp3) is 0.346. The van der Waals surface area contributed by atoms with Crippen molar-refractivity contribution >= 4 is 0 Å². The van der Waals surface area contributed by atoms with Gasteiger partial charge in [-0.15, -0.1) is 10.2 Å². The Kier molecular flexibility index (Phi) is 7.02. The number of aromatic amines is 1. The SMILES string of the molecule is CCCCc1cn(-c2ncnn2CC(C)C)c(=O)n1Cc1cc(-c2cccc(-c3nn[nH]n3)c2)ccn1. The molecule has 0 unspecified atom stereocenters. The summed E-state index contributed by atoms with van der Waals surface area (Å²) in [4.78, 5) is 22.6. The van der Waals surface area contributed by atoms with Crippen LogP contribution in [0.4, 0.5) is 0 Å². The Hall–Kier alpha value is -4.41. The lowest BCUT2D eigenvalue weighted by atomic mass is 10.0. The van der Waals surface area contributed by atoms with E-state index in [-0.39, 0.29) is 5.69 Å². The molecule has 37 heavy (non-hydrogen) atoms. The number of hydrogen-bond acceptors (Lipinski definition) is 7. The van der Waals surface area contributed by atoms with E-state index in [4.69, 9.17) is 0 Å². The third kappa shape index (κ3) is 5.25. The van der Waals surface area contributed by atoms with Crippen LogP contribution in [0.5, 0.6) is 0 Å². The van der Waals surface area contributed by atoms with E-state index in [1.54, 1.807) is 20.0 Å². The molecule has 0 aliphatic carbocycles. The Labute approximate surface area is 214 Å². The molecule has 0 radical (unpaired) electrons. The zero-order valence-electron chi connectivity index (χ0n) is 21.2. The van der Waals surface area contributed by atoms with Gasteiger partial charge in [0.1, 0.15) is 6.33 Å². The summed E-state index contributed by atoms with van der Waals surface area (Å²) >= 11 is 0. The third-order valence-corrected chi connectivity index (χ3v) is 6.13. The smallest absolute Gasteiger partial charge is 0.290 e. The van der Waals surface area contributed by atoms with Crippen molar-refractivity contribution in [3.63, 3.8) is 0 Å². The topological polar surface area (TPSA) is 125 Å². The Morgan fingerprint density at radius 2 is 1.89 bits per heavy atom. The highest BCUT2D eigenvalue weighted by molar-refractivity contribution is 5.70. The number of pyridine rings is 1. The van der Waals surface area contributed by atoms with Crippen LogP contribution < -0.4 is 5.69 Å². The van der Waals surface area contributed by atoms with Crippen molar-refractivity contribution in [3.8, 4) is 28.5 Å². The molecule has 0 bridgehead atoms. The summed E-state index contributed by atoms with van der Waals surface area (Å²) in [5.41, 5.74) is 4.47. The molecule has 1 aromatic carbocycles. The molecule has 0 saturated heterocycles. The molecule has 0 saturated carbocycles. The molecule has 0 aliphatic rings. The number of aromatic nitrogens is 10. The number of nitrogens with one attached hydrogen (secondary N) is 1. The maximum atomic E-state index is 13.6. The van der Waals surface area contributed by atoms with Gasteiger partial charge in [0, 0.05) is 30.2 Å². The van der Waals surface area contributed by atoms with Crippen molar-refractivity contribution < 1.29 is 0 Å². The van der Waals surface area contributed by atoms with E-state index in [0.29, 0.717) is 30.8 Å².